The van der Waals surface area contributed by atoms with Crippen LogP contribution in [0.5, 0.6) is 0 Å². The molecule has 0 aromatic heterocycles. The van der Waals surface area contributed by atoms with Crippen LogP contribution in [0.4, 0.5) is 0 Å². The highest BCUT2D eigenvalue weighted by Gasteiger charge is 1.87. The Morgan fingerprint density at radius 2 is 1.60 bits per heavy atom. The fraction of sp³-hybridized carbons (Fsp3) is 0.467. The monoisotopic (exact) mass is 204 g/mol. The summed E-state index contributed by atoms with van der Waals surface area (Å²) in [5.74, 6) is 0. The quantitative estimate of drug-likeness (QED) is 0.304. The summed E-state index contributed by atoms with van der Waals surface area (Å²) in [6.07, 6.45) is 15.5. The maximum atomic E-state index is 4.02. The molecule has 0 saturated carbocycles. The van der Waals surface area contributed by atoms with Gasteiger partial charge in [0.25, 0.3) is 0 Å². The van der Waals surface area contributed by atoms with Gasteiger partial charge in [-0.2, -0.15) is 0 Å². The molecule has 0 aliphatic carbocycles. The maximum absolute atomic E-state index is 4.02. The molecule has 0 radical (unpaired) electrons. The highest BCUT2D eigenvalue weighted by atomic mass is 13.9. The zero-order valence-corrected chi connectivity index (χ0v) is 10.4. The van der Waals surface area contributed by atoms with E-state index < -0.39 is 0 Å². The maximum Gasteiger partial charge on any atom is -0.0250 e. The Bertz CT molecular complexity index is 247. The summed E-state index contributed by atoms with van der Waals surface area (Å²) in [6.45, 7) is 10.3. The Labute approximate surface area is 95.1 Å². The third-order valence-electron chi connectivity index (χ3n) is 2.03. The van der Waals surface area contributed by atoms with Crippen molar-refractivity contribution in [3.05, 3.63) is 48.1 Å². The second-order valence-corrected chi connectivity index (χ2v) is 4.04. The summed E-state index contributed by atoms with van der Waals surface area (Å²) >= 11 is 0. The summed E-state index contributed by atoms with van der Waals surface area (Å²) in [6, 6.07) is 0. The second-order valence-electron chi connectivity index (χ2n) is 4.04. The first-order chi connectivity index (χ1) is 7.16. The Balaban J connectivity index is 3.53. The molecule has 0 nitrogen and oxygen atoms in total. The predicted molar refractivity (Wildman–Crippen MR) is 71.0 cm³/mol. The van der Waals surface area contributed by atoms with Crippen LogP contribution in [0.2, 0.25) is 0 Å². The van der Waals surface area contributed by atoms with Crippen LogP contribution in [-0.2, 0) is 0 Å². The van der Waals surface area contributed by atoms with Gasteiger partial charge in [0.1, 0.15) is 0 Å². The molecule has 0 saturated heterocycles. The molecule has 84 valence electrons. The summed E-state index contributed by atoms with van der Waals surface area (Å²) in [5, 5.41) is 0. The lowest BCUT2D eigenvalue weighted by atomic mass is 10.1. The Morgan fingerprint density at radius 1 is 1.00 bits per heavy atom. The third-order valence-corrected chi connectivity index (χ3v) is 2.03. The van der Waals surface area contributed by atoms with Gasteiger partial charge in [-0.15, -0.1) is 0 Å². The Morgan fingerprint density at radius 3 is 2.20 bits per heavy atom. The lowest BCUT2D eigenvalue weighted by molar-refractivity contribution is 0.980. The van der Waals surface area contributed by atoms with Gasteiger partial charge < -0.3 is 0 Å². The number of rotatable bonds is 7. The first kappa shape index (κ1) is 14.0. The Hall–Kier alpha value is -1.04. The SMILES string of the molecule is C=C(C=C(C)C)CC/C=C/CC/C=C/C. The van der Waals surface area contributed by atoms with Crippen molar-refractivity contribution in [1.82, 2.24) is 0 Å². The van der Waals surface area contributed by atoms with Gasteiger partial charge in [-0.1, -0.05) is 48.1 Å². The van der Waals surface area contributed by atoms with E-state index >= 15 is 0 Å². The van der Waals surface area contributed by atoms with Crippen LogP contribution in [0.15, 0.2) is 48.1 Å². The topological polar surface area (TPSA) is 0 Å². The van der Waals surface area contributed by atoms with Gasteiger partial charge in [-0.05, 0) is 46.5 Å². The summed E-state index contributed by atoms with van der Waals surface area (Å²) in [4.78, 5) is 0. The number of hydrogen-bond donors (Lipinski definition) is 0. The van der Waals surface area contributed by atoms with Crippen molar-refractivity contribution >= 4 is 0 Å². The molecule has 0 heteroatoms. The lowest BCUT2D eigenvalue weighted by Crippen LogP contribution is -1.77. The van der Waals surface area contributed by atoms with Crippen molar-refractivity contribution in [2.75, 3.05) is 0 Å². The van der Waals surface area contributed by atoms with E-state index in [-0.39, 0.29) is 0 Å². The minimum Gasteiger partial charge on any atom is -0.0958 e. The van der Waals surface area contributed by atoms with Crippen molar-refractivity contribution in [1.29, 1.82) is 0 Å². The largest absolute Gasteiger partial charge is 0.0958 e. The van der Waals surface area contributed by atoms with Crippen molar-refractivity contribution < 1.29 is 0 Å². The van der Waals surface area contributed by atoms with Gasteiger partial charge >= 0.3 is 0 Å². The first-order valence-electron chi connectivity index (χ1n) is 5.75. The van der Waals surface area contributed by atoms with Crippen LogP contribution in [0.3, 0.4) is 0 Å². The van der Waals surface area contributed by atoms with E-state index in [1.54, 1.807) is 0 Å². The minimum atomic E-state index is 1.07. The fourth-order valence-electron chi connectivity index (χ4n) is 1.34. The van der Waals surface area contributed by atoms with E-state index in [4.69, 9.17) is 0 Å². The van der Waals surface area contributed by atoms with Crippen LogP contribution < -0.4 is 0 Å². The molecule has 0 N–H and O–H groups in total. The van der Waals surface area contributed by atoms with Gasteiger partial charge in [0.15, 0.2) is 0 Å². The minimum absolute atomic E-state index is 1.07. The first-order valence-corrected chi connectivity index (χ1v) is 5.75. The molecule has 0 aromatic rings. The van der Waals surface area contributed by atoms with Crippen molar-refractivity contribution in [3.8, 4) is 0 Å². The molecule has 0 fully saturated rings. The summed E-state index contributed by atoms with van der Waals surface area (Å²) < 4.78 is 0. The van der Waals surface area contributed by atoms with E-state index in [1.807, 2.05) is 0 Å². The molecule has 0 atom stereocenters. The molecule has 0 heterocycles. The van der Waals surface area contributed by atoms with Crippen LogP contribution in [-0.4, -0.2) is 0 Å². The fourth-order valence-corrected chi connectivity index (χ4v) is 1.34. The van der Waals surface area contributed by atoms with Crippen LogP contribution >= 0.6 is 0 Å². The second kappa shape index (κ2) is 9.51. The normalized spacial score (nSPS) is 11.1. The highest BCUT2D eigenvalue weighted by Crippen LogP contribution is 2.08. The average molecular weight is 204 g/mol. The molecular weight excluding hydrogens is 180 g/mol. The van der Waals surface area contributed by atoms with Crippen LogP contribution in [0.1, 0.15) is 46.5 Å². The van der Waals surface area contributed by atoms with E-state index in [0.29, 0.717) is 0 Å². The molecule has 0 spiro atoms. The highest BCUT2D eigenvalue weighted by molar-refractivity contribution is 5.18. The zero-order chi connectivity index (χ0) is 11.5. The van der Waals surface area contributed by atoms with Gasteiger partial charge in [-0.3, -0.25) is 0 Å². The number of hydrogen-bond acceptors (Lipinski definition) is 0. The van der Waals surface area contributed by atoms with Crippen LogP contribution in [0, 0.1) is 0 Å². The molecular formula is C15H24. The van der Waals surface area contributed by atoms with Gasteiger partial charge in [-0.25, -0.2) is 0 Å². The summed E-state index contributed by atoms with van der Waals surface area (Å²) in [7, 11) is 0. The van der Waals surface area contributed by atoms with E-state index in [1.165, 1.54) is 11.1 Å². The molecule has 0 aliphatic rings. The number of unbranched alkanes of at least 4 members (excludes halogenated alkanes) is 1. The van der Waals surface area contributed by atoms with Gasteiger partial charge in [0, 0.05) is 0 Å². The van der Waals surface area contributed by atoms with Crippen molar-refractivity contribution in [3.63, 3.8) is 0 Å². The summed E-state index contributed by atoms with van der Waals surface area (Å²) in [5.41, 5.74) is 2.56. The van der Waals surface area contributed by atoms with E-state index in [0.717, 1.165) is 25.7 Å². The van der Waals surface area contributed by atoms with Crippen LogP contribution in [0.25, 0.3) is 0 Å². The molecule has 0 aliphatic heterocycles. The molecule has 0 rings (SSSR count). The number of allylic oxidation sites excluding steroid dienone is 7. The van der Waals surface area contributed by atoms with E-state index in [9.17, 15) is 0 Å². The van der Waals surface area contributed by atoms with Crippen molar-refractivity contribution in [2.45, 2.75) is 46.5 Å². The van der Waals surface area contributed by atoms with Crippen molar-refractivity contribution in [2.24, 2.45) is 0 Å². The van der Waals surface area contributed by atoms with E-state index in [2.05, 4.69) is 57.7 Å². The third kappa shape index (κ3) is 10.9. The smallest absolute Gasteiger partial charge is 0.0250 e. The Kier molecular flexibility index (Phi) is 8.85. The zero-order valence-electron chi connectivity index (χ0n) is 10.4. The molecule has 15 heavy (non-hydrogen) atoms. The lowest BCUT2D eigenvalue weighted by Gasteiger charge is -1.97. The molecule has 0 unspecified atom stereocenters. The molecule has 0 bridgehead atoms. The van der Waals surface area contributed by atoms with Gasteiger partial charge in [0.05, 0.1) is 0 Å². The predicted octanol–water partition coefficient (Wildman–Crippen LogP) is 5.20. The van der Waals surface area contributed by atoms with Gasteiger partial charge in [0.2, 0.25) is 0 Å². The molecule has 0 aromatic carbocycles. The molecule has 0 amide bonds. The standard InChI is InChI=1S/C15H24/c1-5-6-7-8-9-10-11-12-15(4)13-14(2)3/h5-6,9-10,13H,4,7-8,11-12H2,1-3H3/b6-5+,10-9+. The average Bonchev–Trinajstić information content (AvgIpc) is 2.15.